The highest BCUT2D eigenvalue weighted by Gasteiger charge is 2.32. The van der Waals surface area contributed by atoms with Crippen LogP contribution in [0.2, 0.25) is 0 Å². The number of halogens is 3. The Morgan fingerprint density at radius 1 is 1.00 bits per heavy atom. The van der Waals surface area contributed by atoms with Crippen LogP contribution in [0.4, 0.5) is 23.7 Å². The predicted molar refractivity (Wildman–Crippen MR) is 144 cm³/mol. The van der Waals surface area contributed by atoms with E-state index in [4.69, 9.17) is 18.4 Å². The average Bonchev–Trinajstić information content (AvgIpc) is 3.46. The van der Waals surface area contributed by atoms with Gasteiger partial charge >= 0.3 is 22.3 Å². The van der Waals surface area contributed by atoms with Crippen LogP contribution < -0.4 is 19.0 Å². The van der Waals surface area contributed by atoms with Gasteiger partial charge < -0.3 is 28.6 Å². The van der Waals surface area contributed by atoms with E-state index in [0.29, 0.717) is 29.7 Å². The molecule has 2 amide bonds. The Labute approximate surface area is 235 Å². The second-order valence-electron chi connectivity index (χ2n) is 9.19. The van der Waals surface area contributed by atoms with Gasteiger partial charge in [0, 0.05) is 19.7 Å². The zero-order valence-electron chi connectivity index (χ0n) is 22.3. The molecular formula is C28H29F3N2O7S. The lowest BCUT2D eigenvalue weighted by atomic mass is 10.1. The molecule has 0 radical (unpaired) electrons. The van der Waals surface area contributed by atoms with Crippen molar-refractivity contribution in [3.05, 3.63) is 77.9 Å². The molecule has 0 saturated carbocycles. The summed E-state index contributed by atoms with van der Waals surface area (Å²) in [7, 11) is -1.88. The van der Waals surface area contributed by atoms with Gasteiger partial charge in [0.25, 0.3) is 0 Å². The first-order valence-corrected chi connectivity index (χ1v) is 14.0. The van der Waals surface area contributed by atoms with Crippen molar-refractivity contribution in [2.45, 2.75) is 36.6 Å². The number of amides is 2. The van der Waals surface area contributed by atoms with Crippen LogP contribution in [0.25, 0.3) is 0 Å². The summed E-state index contributed by atoms with van der Waals surface area (Å²) in [5.41, 5.74) is -0.190. The van der Waals surface area contributed by atoms with Gasteiger partial charge in [-0.15, -0.1) is 0 Å². The van der Waals surface area contributed by atoms with Crippen molar-refractivity contribution in [3.8, 4) is 17.2 Å². The normalized spacial score (nSPS) is 15.3. The van der Waals surface area contributed by atoms with Gasteiger partial charge in [0.05, 0.1) is 31.6 Å². The van der Waals surface area contributed by atoms with Crippen LogP contribution in [0.5, 0.6) is 17.2 Å². The molecule has 41 heavy (non-hydrogen) atoms. The molecule has 0 bridgehead atoms. The van der Waals surface area contributed by atoms with Crippen molar-refractivity contribution in [2.24, 2.45) is 0 Å². The fraction of sp³-hybridized carbons (Fsp3) is 0.321. The highest BCUT2D eigenvalue weighted by molar-refractivity contribution is 7.87. The highest BCUT2D eigenvalue weighted by Crippen LogP contribution is 2.34. The van der Waals surface area contributed by atoms with Gasteiger partial charge in [0.1, 0.15) is 10.6 Å². The largest absolute Gasteiger partial charge is 0.495 e. The van der Waals surface area contributed by atoms with E-state index in [-0.39, 0.29) is 30.7 Å². The van der Waals surface area contributed by atoms with Gasteiger partial charge in [-0.25, -0.2) is 4.79 Å². The monoisotopic (exact) mass is 594 g/mol. The summed E-state index contributed by atoms with van der Waals surface area (Å²) in [5.74, 6) is 0.260. The molecule has 0 aromatic heterocycles. The molecule has 1 N–H and O–H groups in total. The highest BCUT2D eigenvalue weighted by atomic mass is 32.2. The third kappa shape index (κ3) is 7.61. The molecule has 220 valence electrons. The Kier molecular flexibility index (Phi) is 9.28. The Morgan fingerprint density at radius 2 is 1.76 bits per heavy atom. The second-order valence-corrected chi connectivity index (χ2v) is 10.7. The van der Waals surface area contributed by atoms with Gasteiger partial charge in [0.15, 0.2) is 11.5 Å². The van der Waals surface area contributed by atoms with E-state index in [1.54, 1.807) is 30.3 Å². The Hall–Kier alpha value is -3.97. The number of benzene rings is 3. The topological polar surface area (TPSA) is 103 Å². The maximum atomic E-state index is 13.4. The summed E-state index contributed by atoms with van der Waals surface area (Å²) >= 11 is 0. The predicted octanol–water partition coefficient (Wildman–Crippen LogP) is 5.70. The number of carbonyl (C=O) groups is 1. The molecule has 0 aliphatic carbocycles. The third-order valence-corrected chi connectivity index (χ3v) is 7.57. The van der Waals surface area contributed by atoms with Gasteiger partial charge in [-0.2, -0.15) is 21.6 Å². The zero-order chi connectivity index (χ0) is 29.6. The first-order valence-electron chi connectivity index (χ1n) is 12.6. The summed E-state index contributed by atoms with van der Waals surface area (Å²) in [6.07, 6.45) is -3.29. The van der Waals surface area contributed by atoms with E-state index >= 15 is 0 Å². The summed E-state index contributed by atoms with van der Waals surface area (Å²) in [6, 6.07) is 14.2. The van der Waals surface area contributed by atoms with Crippen molar-refractivity contribution >= 4 is 21.8 Å². The number of rotatable bonds is 10. The lowest BCUT2D eigenvalue weighted by Gasteiger charge is -2.26. The Morgan fingerprint density at radius 3 is 2.44 bits per heavy atom. The standard InChI is InChI=1S/C28H29F3N2O7S/c1-37-24-11-4-3-10-23(24)32-27(34)33(18-21-8-6-14-39-21)17-19-12-13-25(38-2)26(15-19)40-41(35,36)22-9-5-7-20(16-22)28(29,30)31/h3-5,7,9-13,15-16,21H,6,8,14,17-18H2,1-2H3,(H,32,34)/t21-/m0/s1. The van der Waals surface area contributed by atoms with Gasteiger partial charge in [-0.05, 0) is 60.9 Å². The number of methoxy groups -OCH3 is 2. The Bertz CT molecular complexity index is 1480. The maximum absolute atomic E-state index is 13.4. The van der Waals surface area contributed by atoms with Crippen LogP contribution in [0.15, 0.2) is 71.6 Å². The summed E-state index contributed by atoms with van der Waals surface area (Å²) in [5, 5.41) is 2.83. The van der Waals surface area contributed by atoms with Crippen LogP contribution in [0.3, 0.4) is 0 Å². The van der Waals surface area contributed by atoms with E-state index in [2.05, 4.69) is 5.32 Å². The van der Waals surface area contributed by atoms with Gasteiger partial charge in [0.2, 0.25) is 0 Å². The molecule has 3 aromatic rings. The molecule has 1 heterocycles. The fourth-order valence-electron chi connectivity index (χ4n) is 4.29. The first-order chi connectivity index (χ1) is 19.5. The lowest BCUT2D eigenvalue weighted by molar-refractivity contribution is -0.137. The van der Waals surface area contributed by atoms with Crippen molar-refractivity contribution in [1.29, 1.82) is 0 Å². The fourth-order valence-corrected chi connectivity index (χ4v) is 5.27. The number of alkyl halides is 3. The van der Waals surface area contributed by atoms with E-state index in [9.17, 15) is 26.4 Å². The molecule has 1 atom stereocenters. The Balaban J connectivity index is 1.60. The molecule has 13 heteroatoms. The lowest BCUT2D eigenvalue weighted by Crippen LogP contribution is -2.39. The number of urea groups is 1. The average molecular weight is 595 g/mol. The number of nitrogens with one attached hydrogen (secondary N) is 1. The van der Waals surface area contributed by atoms with E-state index in [1.165, 1.54) is 31.3 Å². The van der Waals surface area contributed by atoms with E-state index in [1.807, 2.05) is 0 Å². The zero-order valence-corrected chi connectivity index (χ0v) is 23.1. The molecule has 1 aliphatic heterocycles. The van der Waals surface area contributed by atoms with E-state index < -0.39 is 32.8 Å². The van der Waals surface area contributed by atoms with Crippen LogP contribution in [-0.2, 0) is 27.6 Å². The van der Waals surface area contributed by atoms with Crippen molar-refractivity contribution in [2.75, 3.05) is 32.7 Å². The van der Waals surface area contributed by atoms with Crippen LogP contribution >= 0.6 is 0 Å². The number of carbonyl (C=O) groups excluding carboxylic acids is 1. The van der Waals surface area contributed by atoms with Crippen LogP contribution in [-0.4, -0.2) is 52.8 Å². The minimum Gasteiger partial charge on any atom is -0.495 e. The van der Waals surface area contributed by atoms with Crippen molar-refractivity contribution < 1.29 is 44.8 Å². The minimum absolute atomic E-state index is 0.0325. The third-order valence-electron chi connectivity index (χ3n) is 6.33. The second kappa shape index (κ2) is 12.7. The number of hydrogen-bond acceptors (Lipinski definition) is 7. The van der Waals surface area contributed by atoms with Crippen LogP contribution in [0.1, 0.15) is 24.0 Å². The molecule has 0 unspecified atom stereocenters. The number of para-hydroxylation sites is 2. The van der Waals surface area contributed by atoms with Gasteiger partial charge in [-0.1, -0.05) is 24.3 Å². The molecular weight excluding hydrogens is 565 g/mol. The van der Waals surface area contributed by atoms with Crippen molar-refractivity contribution in [1.82, 2.24) is 4.90 Å². The molecule has 1 aliphatic rings. The number of hydrogen-bond donors (Lipinski definition) is 1. The summed E-state index contributed by atoms with van der Waals surface area (Å²) < 4.78 is 86.9. The molecule has 9 nitrogen and oxygen atoms in total. The minimum atomic E-state index is -4.74. The van der Waals surface area contributed by atoms with Crippen LogP contribution in [0, 0.1) is 0 Å². The van der Waals surface area contributed by atoms with Crippen molar-refractivity contribution in [3.63, 3.8) is 0 Å². The summed E-state index contributed by atoms with van der Waals surface area (Å²) in [4.78, 5) is 14.2. The van der Waals surface area contributed by atoms with Gasteiger partial charge in [-0.3, -0.25) is 0 Å². The molecule has 4 rings (SSSR count). The number of nitrogens with zero attached hydrogens (tertiary/aromatic N) is 1. The SMILES string of the molecule is COc1ccccc1NC(=O)N(Cc1ccc(OC)c(OS(=O)(=O)c2cccc(C(F)(F)F)c2)c1)C[C@@H]1CCCO1. The molecule has 0 spiro atoms. The van der Waals surface area contributed by atoms with E-state index in [0.717, 1.165) is 31.0 Å². The first kappa shape index (κ1) is 30.0. The molecule has 1 saturated heterocycles. The quantitative estimate of drug-likeness (QED) is 0.300. The number of anilines is 1. The summed E-state index contributed by atoms with van der Waals surface area (Å²) in [6.45, 7) is 0.872. The smallest absolute Gasteiger partial charge is 0.416 e. The molecule has 3 aromatic carbocycles. The molecule has 1 fully saturated rings. The maximum Gasteiger partial charge on any atom is 0.416 e. The number of ether oxygens (including phenoxy) is 3.